The minimum atomic E-state index is -0.200. The van der Waals surface area contributed by atoms with Crippen LogP contribution in [0.15, 0.2) is 48.5 Å². The molecule has 0 radical (unpaired) electrons. The Hall–Kier alpha value is -2.53. The van der Waals surface area contributed by atoms with Crippen LogP contribution in [0.3, 0.4) is 0 Å². The fourth-order valence-electron chi connectivity index (χ4n) is 3.24. The molecule has 1 N–H and O–H groups in total. The largest absolute Gasteiger partial charge is 0.490 e. The van der Waals surface area contributed by atoms with Crippen LogP contribution in [0.1, 0.15) is 23.7 Å². The van der Waals surface area contributed by atoms with Crippen LogP contribution in [0.4, 0.5) is 0 Å². The highest BCUT2D eigenvalue weighted by atomic mass is 16.5. The zero-order valence-corrected chi connectivity index (χ0v) is 13.4. The van der Waals surface area contributed by atoms with Crippen LogP contribution >= 0.6 is 0 Å². The summed E-state index contributed by atoms with van der Waals surface area (Å²) in [6, 6.07) is 16.0. The molecule has 4 rings (SSSR count). The summed E-state index contributed by atoms with van der Waals surface area (Å²) in [5.41, 5.74) is 2.13. The number of ether oxygens (including phenoxy) is 2. The first-order chi connectivity index (χ1) is 11.8. The molecule has 5 heteroatoms. The molecule has 5 nitrogen and oxygen atoms in total. The summed E-state index contributed by atoms with van der Waals surface area (Å²) in [6.07, 6.45) is 0.660. The summed E-state index contributed by atoms with van der Waals surface area (Å²) in [7, 11) is 0. The van der Waals surface area contributed by atoms with Gasteiger partial charge in [0, 0.05) is 18.5 Å². The standard InChI is InChI=1S/C19H20N2O3/c22-17-13-21(12-14-6-2-1-3-7-14)19(20-17)15-8-4-9-16-18(15)24-11-5-10-23-16/h1-4,6-9,19H,5,10-13H2,(H,20,22)/t19-/m1/s1. The molecular formula is C19H20N2O3. The number of amides is 1. The van der Waals surface area contributed by atoms with E-state index in [2.05, 4.69) is 22.3 Å². The van der Waals surface area contributed by atoms with Crippen LogP contribution in [0.25, 0.3) is 0 Å². The first-order valence-electron chi connectivity index (χ1n) is 8.27. The summed E-state index contributed by atoms with van der Waals surface area (Å²) >= 11 is 0. The molecule has 0 spiro atoms. The Morgan fingerprint density at radius 1 is 1.04 bits per heavy atom. The van der Waals surface area contributed by atoms with Gasteiger partial charge in [-0.1, -0.05) is 42.5 Å². The van der Waals surface area contributed by atoms with E-state index in [-0.39, 0.29) is 12.1 Å². The van der Waals surface area contributed by atoms with Gasteiger partial charge < -0.3 is 14.8 Å². The maximum Gasteiger partial charge on any atom is 0.235 e. The van der Waals surface area contributed by atoms with E-state index in [4.69, 9.17) is 9.47 Å². The van der Waals surface area contributed by atoms with Gasteiger partial charge >= 0.3 is 0 Å². The monoisotopic (exact) mass is 324 g/mol. The van der Waals surface area contributed by atoms with Crippen LogP contribution in [0.2, 0.25) is 0 Å². The third kappa shape index (κ3) is 2.95. The van der Waals surface area contributed by atoms with Crippen molar-refractivity contribution in [2.24, 2.45) is 0 Å². The van der Waals surface area contributed by atoms with E-state index in [1.54, 1.807) is 0 Å². The van der Waals surface area contributed by atoms with Crippen LogP contribution < -0.4 is 14.8 Å². The summed E-state index contributed by atoms with van der Waals surface area (Å²) in [6.45, 7) is 2.36. The van der Waals surface area contributed by atoms with Gasteiger partial charge in [-0.25, -0.2) is 0 Å². The van der Waals surface area contributed by atoms with Gasteiger partial charge in [0.15, 0.2) is 11.5 Å². The van der Waals surface area contributed by atoms with Crippen molar-refractivity contribution in [3.8, 4) is 11.5 Å². The molecular weight excluding hydrogens is 304 g/mol. The van der Waals surface area contributed by atoms with Crippen molar-refractivity contribution in [1.82, 2.24) is 10.2 Å². The topological polar surface area (TPSA) is 50.8 Å². The molecule has 2 heterocycles. The van der Waals surface area contributed by atoms with Crippen molar-refractivity contribution < 1.29 is 14.3 Å². The van der Waals surface area contributed by atoms with Gasteiger partial charge in [0.2, 0.25) is 5.91 Å². The number of carbonyl (C=O) groups excluding carboxylic acids is 1. The molecule has 0 aliphatic carbocycles. The third-order valence-electron chi connectivity index (χ3n) is 4.33. The summed E-state index contributed by atoms with van der Waals surface area (Å²) in [5, 5.41) is 3.06. The average molecular weight is 324 g/mol. The van der Waals surface area contributed by atoms with Gasteiger partial charge in [0.25, 0.3) is 0 Å². The van der Waals surface area contributed by atoms with Gasteiger partial charge in [-0.3, -0.25) is 9.69 Å². The zero-order chi connectivity index (χ0) is 16.4. The molecule has 24 heavy (non-hydrogen) atoms. The Morgan fingerprint density at radius 3 is 2.75 bits per heavy atom. The molecule has 1 fully saturated rings. The molecule has 0 saturated carbocycles. The maximum atomic E-state index is 12.0. The smallest absolute Gasteiger partial charge is 0.235 e. The van der Waals surface area contributed by atoms with Crippen LogP contribution in [-0.2, 0) is 11.3 Å². The summed E-state index contributed by atoms with van der Waals surface area (Å²) < 4.78 is 11.7. The molecule has 0 aromatic heterocycles. The van der Waals surface area contributed by atoms with Crippen molar-refractivity contribution in [1.29, 1.82) is 0 Å². The lowest BCUT2D eigenvalue weighted by Gasteiger charge is -2.25. The minimum absolute atomic E-state index is 0.0306. The van der Waals surface area contributed by atoms with E-state index in [9.17, 15) is 4.79 Å². The van der Waals surface area contributed by atoms with Gasteiger partial charge in [-0.2, -0.15) is 0 Å². The van der Waals surface area contributed by atoms with Gasteiger partial charge in [0.05, 0.1) is 19.8 Å². The molecule has 0 unspecified atom stereocenters. The normalized spacial score (nSPS) is 20.5. The molecule has 2 aromatic rings. The predicted octanol–water partition coefficient (Wildman–Crippen LogP) is 2.48. The molecule has 2 aliphatic rings. The predicted molar refractivity (Wildman–Crippen MR) is 89.8 cm³/mol. The lowest BCUT2D eigenvalue weighted by Crippen LogP contribution is -2.28. The van der Waals surface area contributed by atoms with Gasteiger partial charge in [-0.15, -0.1) is 0 Å². The molecule has 1 amide bonds. The van der Waals surface area contributed by atoms with Crippen LogP contribution in [-0.4, -0.2) is 30.6 Å². The Labute approximate surface area is 141 Å². The molecule has 2 aromatic carbocycles. The highest BCUT2D eigenvalue weighted by molar-refractivity contribution is 5.81. The summed E-state index contributed by atoms with van der Waals surface area (Å²) in [4.78, 5) is 14.2. The third-order valence-corrected chi connectivity index (χ3v) is 4.33. The Balaban J connectivity index is 1.65. The molecule has 124 valence electrons. The van der Waals surface area contributed by atoms with Gasteiger partial charge in [0.1, 0.15) is 6.17 Å². The van der Waals surface area contributed by atoms with Crippen molar-refractivity contribution in [2.45, 2.75) is 19.1 Å². The van der Waals surface area contributed by atoms with Gasteiger partial charge in [-0.05, 0) is 11.6 Å². The Morgan fingerprint density at radius 2 is 1.88 bits per heavy atom. The minimum Gasteiger partial charge on any atom is -0.490 e. The van der Waals surface area contributed by atoms with E-state index >= 15 is 0 Å². The number of hydrogen-bond acceptors (Lipinski definition) is 4. The number of rotatable bonds is 3. The van der Waals surface area contributed by atoms with Crippen molar-refractivity contribution in [3.05, 3.63) is 59.7 Å². The second kappa shape index (κ2) is 6.53. The van der Waals surface area contributed by atoms with E-state index in [0.717, 1.165) is 23.5 Å². The molecule has 1 saturated heterocycles. The number of hydrogen-bond donors (Lipinski definition) is 1. The maximum absolute atomic E-state index is 12.0. The second-order valence-electron chi connectivity index (χ2n) is 6.09. The number of nitrogens with one attached hydrogen (secondary N) is 1. The van der Waals surface area contributed by atoms with Crippen molar-refractivity contribution in [2.75, 3.05) is 19.8 Å². The fourth-order valence-corrected chi connectivity index (χ4v) is 3.24. The van der Waals surface area contributed by atoms with Crippen LogP contribution in [0, 0.1) is 0 Å². The Bertz CT molecular complexity index is 733. The fraction of sp³-hybridized carbons (Fsp3) is 0.316. The number of para-hydroxylation sites is 1. The number of fused-ring (bicyclic) bond motifs is 1. The number of benzene rings is 2. The summed E-state index contributed by atoms with van der Waals surface area (Å²) in [5.74, 6) is 1.54. The molecule has 1 atom stereocenters. The molecule has 2 aliphatic heterocycles. The second-order valence-corrected chi connectivity index (χ2v) is 6.09. The van der Waals surface area contributed by atoms with E-state index in [1.165, 1.54) is 5.56 Å². The van der Waals surface area contributed by atoms with Crippen molar-refractivity contribution >= 4 is 5.91 Å². The Kier molecular flexibility index (Phi) is 4.09. The SMILES string of the molecule is O=C1CN(Cc2ccccc2)[C@H](c2cccc3c2OCCCO3)N1. The lowest BCUT2D eigenvalue weighted by molar-refractivity contribution is -0.118. The highest BCUT2D eigenvalue weighted by Gasteiger charge is 2.34. The highest BCUT2D eigenvalue weighted by Crippen LogP contribution is 2.39. The quantitative estimate of drug-likeness (QED) is 0.942. The average Bonchev–Trinajstić information content (AvgIpc) is 2.82. The van der Waals surface area contributed by atoms with E-state index in [1.807, 2.05) is 36.4 Å². The number of carbonyl (C=O) groups is 1. The van der Waals surface area contributed by atoms with E-state index < -0.39 is 0 Å². The first-order valence-corrected chi connectivity index (χ1v) is 8.27. The van der Waals surface area contributed by atoms with E-state index in [0.29, 0.717) is 26.3 Å². The zero-order valence-electron chi connectivity index (χ0n) is 13.4. The first kappa shape index (κ1) is 15.0. The molecule has 0 bridgehead atoms. The lowest BCUT2D eigenvalue weighted by atomic mass is 10.1. The van der Waals surface area contributed by atoms with Crippen molar-refractivity contribution in [3.63, 3.8) is 0 Å². The van der Waals surface area contributed by atoms with Crippen LogP contribution in [0.5, 0.6) is 11.5 Å². The number of nitrogens with zero attached hydrogens (tertiary/aromatic N) is 1.